The normalized spacial score (nSPS) is 15.3. The fourth-order valence-corrected chi connectivity index (χ4v) is 8.98. The number of anilines is 3. The number of H-pyrrole nitrogens is 2. The Morgan fingerprint density at radius 2 is 1.41 bits per heavy atom. The van der Waals surface area contributed by atoms with Crippen molar-refractivity contribution in [2.75, 3.05) is 36.1 Å². The first-order chi connectivity index (χ1) is 25.3. The maximum absolute atomic E-state index is 14.0. The SMILES string of the molecule is C=C(C)c1nc(C)nc2c(S(=O)(=O)c3ccccc3F)c(N)[nH]c12.Cc1nc(N2CCOC(C(F)(F)F)C2)c2[nH]c(N)c(S(=O)(=O)c3ccccc3)c2n1. The van der Waals surface area contributed by atoms with Crippen molar-refractivity contribution in [3.05, 3.63) is 84.3 Å². The lowest BCUT2D eigenvalue weighted by Gasteiger charge is -2.34. The van der Waals surface area contributed by atoms with Gasteiger partial charge in [0.2, 0.25) is 19.7 Å². The Bertz CT molecular complexity index is 2650. The van der Waals surface area contributed by atoms with Gasteiger partial charge in [-0.2, -0.15) is 13.2 Å². The Morgan fingerprint density at radius 1 is 0.852 bits per heavy atom. The molecule has 0 spiro atoms. The van der Waals surface area contributed by atoms with Crippen LogP contribution < -0.4 is 16.4 Å². The van der Waals surface area contributed by atoms with Crippen molar-refractivity contribution < 1.29 is 39.1 Å². The summed E-state index contributed by atoms with van der Waals surface area (Å²) in [6.45, 7) is 8.26. The van der Waals surface area contributed by atoms with E-state index in [1.165, 1.54) is 42.2 Å². The fraction of sp³-hybridized carbons (Fsp3) is 0.235. The second-order valence-corrected chi connectivity index (χ2v) is 16.0. The number of nitrogen functional groups attached to an aromatic ring is 2. The Morgan fingerprint density at radius 3 is 2.02 bits per heavy atom. The highest BCUT2D eigenvalue weighted by Gasteiger charge is 2.44. The first-order valence-corrected chi connectivity index (χ1v) is 19.0. The average Bonchev–Trinajstić information content (AvgIpc) is 3.63. The number of morpholine rings is 1. The van der Waals surface area contributed by atoms with Crippen molar-refractivity contribution in [1.29, 1.82) is 0 Å². The quantitative estimate of drug-likeness (QED) is 0.158. The van der Waals surface area contributed by atoms with Gasteiger partial charge < -0.3 is 31.1 Å². The second kappa shape index (κ2) is 14.0. The molecule has 54 heavy (non-hydrogen) atoms. The first-order valence-electron chi connectivity index (χ1n) is 16.0. The number of alkyl halides is 3. The van der Waals surface area contributed by atoms with Crippen LogP contribution in [-0.2, 0) is 24.4 Å². The maximum Gasteiger partial charge on any atom is 0.416 e. The van der Waals surface area contributed by atoms with Crippen LogP contribution in [-0.4, -0.2) is 78.7 Å². The highest BCUT2D eigenvalue weighted by Crippen LogP contribution is 2.38. The van der Waals surface area contributed by atoms with Crippen LogP contribution in [0, 0.1) is 19.7 Å². The summed E-state index contributed by atoms with van der Waals surface area (Å²) >= 11 is 0. The van der Waals surface area contributed by atoms with E-state index in [0.717, 1.165) is 6.07 Å². The van der Waals surface area contributed by atoms with E-state index < -0.39 is 49.2 Å². The molecule has 20 heteroatoms. The molecule has 4 aromatic heterocycles. The van der Waals surface area contributed by atoms with Gasteiger partial charge in [0.25, 0.3) is 0 Å². The lowest BCUT2D eigenvalue weighted by atomic mass is 10.2. The minimum atomic E-state index is -4.53. The van der Waals surface area contributed by atoms with Gasteiger partial charge in [0.1, 0.15) is 60.3 Å². The number of ether oxygens (including phenoxy) is 1. The van der Waals surface area contributed by atoms with Crippen LogP contribution in [0.3, 0.4) is 0 Å². The molecule has 1 unspecified atom stereocenters. The number of benzene rings is 2. The van der Waals surface area contributed by atoms with E-state index in [9.17, 15) is 34.4 Å². The number of nitrogens with two attached hydrogens (primary N) is 2. The van der Waals surface area contributed by atoms with E-state index in [0.29, 0.717) is 22.6 Å². The molecule has 0 amide bonds. The molecule has 6 N–H and O–H groups in total. The van der Waals surface area contributed by atoms with Gasteiger partial charge >= 0.3 is 6.18 Å². The van der Waals surface area contributed by atoms with Crippen LogP contribution in [0.4, 0.5) is 35.0 Å². The molecule has 1 fully saturated rings. The van der Waals surface area contributed by atoms with Crippen LogP contribution >= 0.6 is 0 Å². The number of aryl methyl sites for hydroxylation is 2. The topological polar surface area (TPSA) is 216 Å². The van der Waals surface area contributed by atoms with Gasteiger partial charge in [0.15, 0.2) is 11.9 Å². The third kappa shape index (κ3) is 6.94. The minimum Gasteiger partial charge on any atom is -0.384 e. The summed E-state index contributed by atoms with van der Waals surface area (Å²) in [7, 11) is -8.21. The number of sulfone groups is 2. The number of nitrogens with zero attached hydrogens (tertiary/aromatic N) is 5. The van der Waals surface area contributed by atoms with E-state index >= 15 is 0 Å². The molecule has 5 heterocycles. The van der Waals surface area contributed by atoms with E-state index in [1.54, 1.807) is 32.0 Å². The van der Waals surface area contributed by atoms with Crippen LogP contribution in [0.15, 0.2) is 80.8 Å². The molecule has 1 aliphatic heterocycles. The number of hydrogen-bond acceptors (Lipinski definition) is 12. The predicted octanol–water partition coefficient (Wildman–Crippen LogP) is 5.30. The third-order valence-electron chi connectivity index (χ3n) is 8.31. The van der Waals surface area contributed by atoms with Crippen molar-refractivity contribution in [2.45, 2.75) is 52.6 Å². The third-order valence-corrected chi connectivity index (χ3v) is 12.0. The van der Waals surface area contributed by atoms with E-state index in [-0.39, 0.29) is 67.7 Å². The summed E-state index contributed by atoms with van der Waals surface area (Å²) in [5.41, 5.74) is 13.7. The van der Waals surface area contributed by atoms with Gasteiger partial charge in [0.05, 0.1) is 29.3 Å². The van der Waals surface area contributed by atoms with Crippen molar-refractivity contribution in [3.63, 3.8) is 0 Å². The smallest absolute Gasteiger partial charge is 0.384 e. The molecule has 2 aromatic carbocycles. The first kappa shape index (κ1) is 38.1. The number of aromatic amines is 2. The summed E-state index contributed by atoms with van der Waals surface area (Å²) in [6, 6.07) is 12.8. The van der Waals surface area contributed by atoms with Gasteiger partial charge in [0, 0.05) is 6.54 Å². The van der Waals surface area contributed by atoms with Gasteiger partial charge in [-0.25, -0.2) is 41.2 Å². The molecule has 1 aliphatic rings. The molecule has 0 radical (unpaired) electrons. The van der Waals surface area contributed by atoms with Crippen molar-refractivity contribution in [2.24, 2.45) is 0 Å². The van der Waals surface area contributed by atoms with Gasteiger partial charge in [-0.3, -0.25) is 0 Å². The molecule has 1 atom stereocenters. The van der Waals surface area contributed by atoms with Crippen LogP contribution in [0.2, 0.25) is 0 Å². The van der Waals surface area contributed by atoms with Gasteiger partial charge in [-0.05, 0) is 50.6 Å². The van der Waals surface area contributed by atoms with Crippen LogP contribution in [0.5, 0.6) is 0 Å². The number of allylic oxidation sites excluding steroid dienone is 1. The Balaban J connectivity index is 0.000000189. The molecular weight excluding hydrogens is 755 g/mol. The minimum absolute atomic E-state index is 0.0268. The molecule has 0 saturated carbocycles. The number of nitrogens with one attached hydrogen (secondary N) is 2. The molecular formula is C34H33F4N9O5S2. The lowest BCUT2D eigenvalue weighted by molar-refractivity contribution is -0.221. The number of hydrogen-bond donors (Lipinski definition) is 4. The van der Waals surface area contributed by atoms with Crippen molar-refractivity contribution >= 4 is 64.8 Å². The number of halogens is 4. The predicted molar refractivity (Wildman–Crippen MR) is 193 cm³/mol. The Labute approximate surface area is 306 Å². The highest BCUT2D eigenvalue weighted by atomic mass is 32.2. The Kier molecular flexibility index (Phi) is 9.88. The van der Waals surface area contributed by atoms with Gasteiger partial charge in [-0.15, -0.1) is 0 Å². The monoisotopic (exact) mass is 787 g/mol. The molecule has 0 aliphatic carbocycles. The van der Waals surface area contributed by atoms with Crippen molar-refractivity contribution in [1.82, 2.24) is 29.9 Å². The summed E-state index contributed by atoms with van der Waals surface area (Å²) in [5.74, 6) is -0.403. The summed E-state index contributed by atoms with van der Waals surface area (Å²) in [4.78, 5) is 23.0. The summed E-state index contributed by atoms with van der Waals surface area (Å²) in [5, 5.41) is 0. The lowest BCUT2D eigenvalue weighted by Crippen LogP contribution is -2.49. The molecule has 7 rings (SSSR count). The van der Waals surface area contributed by atoms with Crippen LogP contribution in [0.1, 0.15) is 24.3 Å². The molecule has 1 saturated heterocycles. The standard InChI is InChI=1S/C18H18F3N5O3S.C16H15FN4O2S/c1-10-23-13-14(17(24-10)26-7-8-29-12(9-26)18(19,20)21)25-16(22)15(13)30(27,28)11-5-3-2-4-6-11;1-8(2)12-13-14(20-9(3)19-12)15(16(18)21-13)24(22,23)11-7-5-4-6-10(11)17/h2-6,12,25H,7-9,22H2,1H3;4-7,21H,1,18H2,2-3H3. The number of aromatic nitrogens is 6. The highest BCUT2D eigenvalue weighted by molar-refractivity contribution is 7.92. The molecule has 284 valence electrons. The second-order valence-electron chi connectivity index (χ2n) is 12.3. The molecule has 14 nitrogen and oxygen atoms in total. The molecule has 0 bridgehead atoms. The van der Waals surface area contributed by atoms with Gasteiger partial charge in [-0.1, -0.05) is 36.9 Å². The zero-order valence-corrected chi connectivity index (χ0v) is 30.5. The largest absolute Gasteiger partial charge is 0.416 e. The summed E-state index contributed by atoms with van der Waals surface area (Å²) < 4.78 is 110. The fourth-order valence-electron chi connectivity index (χ4n) is 5.94. The average molecular weight is 788 g/mol. The zero-order valence-electron chi connectivity index (χ0n) is 28.9. The Hall–Kier alpha value is -5.60. The number of rotatable bonds is 6. The van der Waals surface area contributed by atoms with Crippen molar-refractivity contribution in [3.8, 4) is 0 Å². The van der Waals surface area contributed by atoms with Crippen LogP contribution in [0.25, 0.3) is 27.6 Å². The summed E-state index contributed by atoms with van der Waals surface area (Å²) in [6.07, 6.45) is -6.51. The number of fused-ring (bicyclic) bond motifs is 2. The zero-order chi connectivity index (χ0) is 39.3. The van der Waals surface area contributed by atoms with E-state index in [4.69, 9.17) is 16.2 Å². The van der Waals surface area contributed by atoms with E-state index in [1.807, 2.05) is 0 Å². The van der Waals surface area contributed by atoms with E-state index in [2.05, 4.69) is 36.5 Å². The molecule has 6 aromatic rings. The maximum atomic E-state index is 14.0.